The van der Waals surface area contributed by atoms with E-state index < -0.39 is 0 Å². The van der Waals surface area contributed by atoms with Gasteiger partial charge in [0.2, 0.25) is 5.88 Å². The van der Waals surface area contributed by atoms with E-state index in [0.29, 0.717) is 16.5 Å². The summed E-state index contributed by atoms with van der Waals surface area (Å²) in [5.74, 6) is 0.762. The van der Waals surface area contributed by atoms with Gasteiger partial charge in [-0.15, -0.1) is 0 Å². The first-order valence-electron chi connectivity index (χ1n) is 4.36. The van der Waals surface area contributed by atoms with Crippen LogP contribution in [0.3, 0.4) is 0 Å². The highest BCUT2D eigenvalue weighted by Crippen LogP contribution is 2.35. The zero-order valence-electron chi connectivity index (χ0n) is 8.02. The van der Waals surface area contributed by atoms with Crippen molar-refractivity contribution in [1.29, 1.82) is 0 Å². The molecule has 0 aliphatic rings. The molecule has 0 amide bonds. The van der Waals surface area contributed by atoms with Crippen molar-refractivity contribution in [3.8, 4) is 11.6 Å². The maximum absolute atomic E-state index is 5.87. The second-order valence-electron chi connectivity index (χ2n) is 2.94. The van der Waals surface area contributed by atoms with Crippen molar-refractivity contribution in [1.82, 2.24) is 9.97 Å². The third-order valence-electron chi connectivity index (χ3n) is 1.83. The first kappa shape index (κ1) is 11.2. The van der Waals surface area contributed by atoms with E-state index in [1.54, 1.807) is 6.07 Å². The van der Waals surface area contributed by atoms with Crippen molar-refractivity contribution in [3.05, 3.63) is 40.2 Å². The van der Waals surface area contributed by atoms with Crippen LogP contribution in [0.15, 0.2) is 35.2 Å². The molecule has 6 heteroatoms. The van der Waals surface area contributed by atoms with Gasteiger partial charge in [0.25, 0.3) is 0 Å². The molecule has 1 heterocycles. The van der Waals surface area contributed by atoms with E-state index in [0.717, 1.165) is 4.47 Å². The number of anilines is 1. The minimum absolute atomic E-state index is 0.273. The van der Waals surface area contributed by atoms with Gasteiger partial charge in [-0.25, -0.2) is 9.97 Å². The average Bonchev–Trinajstić information content (AvgIpc) is 2.26. The number of ether oxygens (including phenoxy) is 1. The summed E-state index contributed by atoms with van der Waals surface area (Å²) in [5.41, 5.74) is 6.28. The second-order valence-corrected chi connectivity index (χ2v) is 4.20. The number of aromatic nitrogens is 2. The molecule has 0 aliphatic carbocycles. The maximum atomic E-state index is 5.87. The number of rotatable bonds is 2. The highest BCUT2D eigenvalue weighted by atomic mass is 79.9. The van der Waals surface area contributed by atoms with E-state index in [2.05, 4.69) is 25.9 Å². The summed E-state index contributed by atoms with van der Waals surface area (Å²) in [4.78, 5) is 7.68. The Balaban J connectivity index is 2.38. The van der Waals surface area contributed by atoms with Crippen molar-refractivity contribution >= 4 is 33.2 Å². The van der Waals surface area contributed by atoms with E-state index in [1.807, 2.05) is 12.1 Å². The lowest BCUT2D eigenvalue weighted by Gasteiger charge is -2.09. The van der Waals surface area contributed by atoms with Gasteiger partial charge in [-0.3, -0.25) is 0 Å². The predicted octanol–water partition coefficient (Wildman–Crippen LogP) is 3.27. The largest absolute Gasteiger partial charge is 0.434 e. The topological polar surface area (TPSA) is 61.0 Å². The van der Waals surface area contributed by atoms with E-state index >= 15 is 0 Å². The van der Waals surface area contributed by atoms with E-state index in [-0.39, 0.29) is 5.88 Å². The number of halogens is 2. The van der Waals surface area contributed by atoms with Gasteiger partial charge in [0.1, 0.15) is 11.3 Å². The van der Waals surface area contributed by atoms with Crippen LogP contribution >= 0.6 is 27.5 Å². The molecule has 16 heavy (non-hydrogen) atoms. The van der Waals surface area contributed by atoms with Crippen molar-refractivity contribution in [2.45, 2.75) is 0 Å². The molecule has 0 saturated heterocycles. The van der Waals surface area contributed by atoms with Crippen LogP contribution in [0.2, 0.25) is 5.02 Å². The first-order chi connectivity index (χ1) is 7.68. The molecular weight excluding hydrogens is 293 g/mol. The van der Waals surface area contributed by atoms with Gasteiger partial charge in [-0.05, 0) is 28.1 Å². The molecule has 0 atom stereocenters. The fraction of sp³-hybridized carbons (Fsp3) is 0. The van der Waals surface area contributed by atoms with E-state index in [1.165, 1.54) is 12.5 Å². The molecule has 0 saturated carbocycles. The maximum Gasteiger partial charge on any atom is 0.241 e. The number of nitrogen functional groups attached to an aromatic ring is 1. The van der Waals surface area contributed by atoms with Crippen LogP contribution in [0, 0.1) is 0 Å². The predicted molar refractivity (Wildman–Crippen MR) is 65.7 cm³/mol. The third kappa shape index (κ3) is 2.25. The fourth-order valence-corrected chi connectivity index (χ4v) is 1.71. The molecule has 0 radical (unpaired) electrons. The van der Waals surface area contributed by atoms with Gasteiger partial charge in [-0.1, -0.05) is 17.7 Å². The van der Waals surface area contributed by atoms with Crippen LogP contribution in [0.5, 0.6) is 11.6 Å². The van der Waals surface area contributed by atoms with Crippen molar-refractivity contribution in [2.24, 2.45) is 0 Å². The molecule has 1 aromatic heterocycles. The zero-order chi connectivity index (χ0) is 11.5. The summed E-state index contributed by atoms with van der Waals surface area (Å²) >= 11 is 9.21. The first-order valence-corrected chi connectivity index (χ1v) is 5.53. The molecule has 0 bridgehead atoms. The normalized spacial score (nSPS) is 10.1. The Kier molecular flexibility index (Phi) is 3.26. The molecule has 0 fully saturated rings. The lowest BCUT2D eigenvalue weighted by Crippen LogP contribution is -1.95. The molecular formula is C10H7BrClN3O. The number of nitrogens with two attached hydrogens (primary N) is 1. The van der Waals surface area contributed by atoms with Crippen LogP contribution < -0.4 is 10.5 Å². The molecule has 1 aromatic carbocycles. The summed E-state index contributed by atoms with van der Waals surface area (Å²) < 4.78 is 6.25. The molecule has 2 aromatic rings. The monoisotopic (exact) mass is 299 g/mol. The Morgan fingerprint density at radius 1 is 1.38 bits per heavy atom. The minimum Gasteiger partial charge on any atom is -0.434 e. The SMILES string of the molecule is Nc1cccc(Br)c1Oc1ncncc1Cl. The van der Waals surface area contributed by atoms with Crippen molar-refractivity contribution in [2.75, 3.05) is 5.73 Å². The molecule has 2 N–H and O–H groups in total. The van der Waals surface area contributed by atoms with E-state index in [9.17, 15) is 0 Å². The quantitative estimate of drug-likeness (QED) is 0.865. The standard InChI is InChI=1S/C10H7BrClN3O/c11-6-2-1-3-8(13)9(6)16-10-7(12)4-14-5-15-10/h1-5H,13H2. The lowest BCUT2D eigenvalue weighted by molar-refractivity contribution is 0.461. The summed E-state index contributed by atoms with van der Waals surface area (Å²) in [7, 11) is 0. The fourth-order valence-electron chi connectivity index (χ4n) is 1.11. The van der Waals surface area contributed by atoms with Crippen LogP contribution in [0.25, 0.3) is 0 Å². The number of nitrogens with zero attached hydrogens (tertiary/aromatic N) is 2. The Bertz CT molecular complexity index is 501. The zero-order valence-corrected chi connectivity index (χ0v) is 10.4. The minimum atomic E-state index is 0.273. The summed E-state index contributed by atoms with van der Waals surface area (Å²) in [6, 6.07) is 5.36. The van der Waals surface area contributed by atoms with Gasteiger partial charge in [0, 0.05) is 0 Å². The van der Waals surface area contributed by atoms with Crippen LogP contribution in [-0.4, -0.2) is 9.97 Å². The van der Waals surface area contributed by atoms with Gasteiger partial charge in [-0.2, -0.15) is 0 Å². The number of hydrogen-bond acceptors (Lipinski definition) is 4. The van der Waals surface area contributed by atoms with E-state index in [4.69, 9.17) is 22.1 Å². The Morgan fingerprint density at radius 3 is 2.88 bits per heavy atom. The lowest BCUT2D eigenvalue weighted by atomic mass is 10.3. The highest BCUT2D eigenvalue weighted by Gasteiger charge is 2.10. The number of para-hydroxylation sites is 1. The molecule has 2 rings (SSSR count). The number of hydrogen-bond donors (Lipinski definition) is 1. The van der Waals surface area contributed by atoms with Gasteiger partial charge in [0.05, 0.1) is 16.4 Å². The van der Waals surface area contributed by atoms with Gasteiger partial charge >= 0.3 is 0 Å². The average molecular weight is 301 g/mol. The summed E-state index contributed by atoms with van der Waals surface area (Å²) in [6.45, 7) is 0. The van der Waals surface area contributed by atoms with Crippen molar-refractivity contribution in [3.63, 3.8) is 0 Å². The van der Waals surface area contributed by atoms with Crippen LogP contribution in [0.1, 0.15) is 0 Å². The number of benzene rings is 1. The van der Waals surface area contributed by atoms with Crippen LogP contribution in [-0.2, 0) is 0 Å². The molecule has 82 valence electrons. The molecule has 0 unspecified atom stereocenters. The second kappa shape index (κ2) is 4.67. The van der Waals surface area contributed by atoms with Crippen LogP contribution in [0.4, 0.5) is 5.69 Å². The van der Waals surface area contributed by atoms with Gasteiger partial charge < -0.3 is 10.5 Å². The highest BCUT2D eigenvalue weighted by molar-refractivity contribution is 9.10. The van der Waals surface area contributed by atoms with Crippen molar-refractivity contribution < 1.29 is 4.74 Å². The summed E-state index contributed by atoms with van der Waals surface area (Å²) in [5, 5.41) is 0.331. The smallest absolute Gasteiger partial charge is 0.241 e. The third-order valence-corrected chi connectivity index (χ3v) is 2.71. The Morgan fingerprint density at radius 2 is 2.19 bits per heavy atom. The molecule has 0 aliphatic heterocycles. The van der Waals surface area contributed by atoms with Gasteiger partial charge in [0.15, 0.2) is 5.75 Å². The Hall–Kier alpha value is -1.33. The summed E-state index contributed by atoms with van der Waals surface area (Å²) in [6.07, 6.45) is 2.81. The molecule has 4 nitrogen and oxygen atoms in total. The molecule has 0 spiro atoms. The Labute approximate surface area is 106 Å².